The van der Waals surface area contributed by atoms with E-state index in [4.69, 9.17) is 20.2 Å². The van der Waals surface area contributed by atoms with E-state index in [1.807, 2.05) is 12.1 Å². The lowest BCUT2D eigenvalue weighted by atomic mass is 9.83. The average molecular weight is 316 g/mol. The number of piperidine rings is 1. The molecule has 2 N–H and O–H groups in total. The molecule has 2 heterocycles. The number of methoxy groups -OCH3 is 2. The Morgan fingerprint density at radius 3 is 2.26 bits per heavy atom. The van der Waals surface area contributed by atoms with Crippen LogP contribution in [-0.4, -0.2) is 37.3 Å². The van der Waals surface area contributed by atoms with Crippen LogP contribution in [-0.2, 0) is 0 Å². The van der Waals surface area contributed by atoms with Crippen LogP contribution in [0.15, 0.2) is 12.1 Å². The fourth-order valence-corrected chi connectivity index (χ4v) is 2.92. The van der Waals surface area contributed by atoms with Gasteiger partial charge in [-0.3, -0.25) is 0 Å². The minimum Gasteiger partial charge on any atom is -0.493 e. The number of aromatic nitrogens is 2. The molecule has 0 aliphatic carbocycles. The number of hydrogen-bond acceptors (Lipinski definition) is 6. The Morgan fingerprint density at radius 2 is 1.65 bits per heavy atom. The maximum atomic E-state index is 6.16. The van der Waals surface area contributed by atoms with Crippen LogP contribution < -0.4 is 20.1 Å². The SMILES string of the molecule is COc1cc2nc(N3CCC(C)(C)CC3)nc(N)c2cc1OC. The minimum absolute atomic E-state index is 0.384. The Labute approximate surface area is 136 Å². The first-order chi connectivity index (χ1) is 10.9. The normalized spacial score (nSPS) is 17.3. The highest BCUT2D eigenvalue weighted by molar-refractivity contribution is 5.91. The number of nitrogens with two attached hydrogens (primary N) is 1. The van der Waals surface area contributed by atoms with Crippen LogP contribution in [0.25, 0.3) is 10.9 Å². The van der Waals surface area contributed by atoms with Crippen LogP contribution in [0.4, 0.5) is 11.8 Å². The fourth-order valence-electron chi connectivity index (χ4n) is 2.92. The maximum Gasteiger partial charge on any atom is 0.227 e. The van der Waals surface area contributed by atoms with Crippen molar-refractivity contribution in [1.82, 2.24) is 9.97 Å². The molecule has 1 aromatic heterocycles. The predicted octanol–water partition coefficient (Wildman–Crippen LogP) is 2.86. The van der Waals surface area contributed by atoms with Crippen molar-refractivity contribution in [3.05, 3.63) is 12.1 Å². The third-order valence-electron chi connectivity index (χ3n) is 4.62. The van der Waals surface area contributed by atoms with E-state index in [-0.39, 0.29) is 0 Å². The number of hydrogen-bond donors (Lipinski definition) is 1. The molecule has 0 amide bonds. The molecule has 0 unspecified atom stereocenters. The van der Waals surface area contributed by atoms with Crippen molar-refractivity contribution in [3.63, 3.8) is 0 Å². The van der Waals surface area contributed by atoms with Gasteiger partial charge in [-0.25, -0.2) is 4.98 Å². The van der Waals surface area contributed by atoms with Gasteiger partial charge in [-0.15, -0.1) is 0 Å². The molecule has 0 bridgehead atoms. The van der Waals surface area contributed by atoms with E-state index in [1.165, 1.54) is 0 Å². The summed E-state index contributed by atoms with van der Waals surface area (Å²) in [7, 11) is 3.21. The molecule has 23 heavy (non-hydrogen) atoms. The van der Waals surface area contributed by atoms with Crippen molar-refractivity contribution in [3.8, 4) is 11.5 Å². The van der Waals surface area contributed by atoms with Gasteiger partial charge in [0.05, 0.1) is 19.7 Å². The average Bonchev–Trinajstić information content (AvgIpc) is 2.53. The van der Waals surface area contributed by atoms with E-state index < -0.39 is 0 Å². The molecule has 1 aliphatic heterocycles. The van der Waals surface area contributed by atoms with Crippen molar-refractivity contribution in [1.29, 1.82) is 0 Å². The first-order valence-electron chi connectivity index (χ1n) is 7.88. The van der Waals surface area contributed by atoms with E-state index in [9.17, 15) is 0 Å². The second-order valence-electron chi connectivity index (χ2n) is 6.78. The number of ether oxygens (including phenoxy) is 2. The van der Waals surface area contributed by atoms with Gasteiger partial charge < -0.3 is 20.1 Å². The number of anilines is 2. The second-order valence-corrected chi connectivity index (χ2v) is 6.78. The summed E-state index contributed by atoms with van der Waals surface area (Å²) < 4.78 is 10.7. The Hall–Kier alpha value is -2.24. The van der Waals surface area contributed by atoms with Gasteiger partial charge in [0, 0.05) is 24.5 Å². The van der Waals surface area contributed by atoms with Crippen molar-refractivity contribution in [2.75, 3.05) is 37.9 Å². The lowest BCUT2D eigenvalue weighted by Gasteiger charge is -2.37. The van der Waals surface area contributed by atoms with Crippen LogP contribution in [0.1, 0.15) is 26.7 Å². The van der Waals surface area contributed by atoms with Gasteiger partial charge in [0.1, 0.15) is 5.82 Å². The minimum atomic E-state index is 0.384. The van der Waals surface area contributed by atoms with Gasteiger partial charge in [-0.05, 0) is 24.3 Å². The Balaban J connectivity index is 2.00. The molecule has 0 atom stereocenters. The number of fused-ring (bicyclic) bond motifs is 1. The smallest absolute Gasteiger partial charge is 0.227 e. The molecule has 0 spiro atoms. The molecule has 1 aromatic carbocycles. The Bertz CT molecular complexity index is 720. The van der Waals surface area contributed by atoms with Crippen LogP contribution in [0.5, 0.6) is 11.5 Å². The highest BCUT2D eigenvalue weighted by atomic mass is 16.5. The summed E-state index contributed by atoms with van der Waals surface area (Å²) in [6.07, 6.45) is 2.25. The number of rotatable bonds is 3. The molecular weight excluding hydrogens is 292 g/mol. The van der Waals surface area contributed by atoms with Gasteiger partial charge in [-0.2, -0.15) is 4.98 Å². The first-order valence-corrected chi connectivity index (χ1v) is 7.88. The van der Waals surface area contributed by atoms with Crippen LogP contribution in [0.3, 0.4) is 0 Å². The van der Waals surface area contributed by atoms with Crippen LogP contribution in [0.2, 0.25) is 0 Å². The van der Waals surface area contributed by atoms with Gasteiger partial charge in [0.2, 0.25) is 5.95 Å². The molecule has 0 saturated carbocycles. The summed E-state index contributed by atoms with van der Waals surface area (Å²) >= 11 is 0. The van der Waals surface area contributed by atoms with Crippen molar-refractivity contribution < 1.29 is 9.47 Å². The molecule has 3 rings (SSSR count). The van der Waals surface area contributed by atoms with E-state index in [0.29, 0.717) is 28.7 Å². The Morgan fingerprint density at radius 1 is 1.04 bits per heavy atom. The zero-order valence-electron chi connectivity index (χ0n) is 14.2. The van der Waals surface area contributed by atoms with E-state index in [1.54, 1.807) is 14.2 Å². The molecular formula is C17H24N4O2. The van der Waals surface area contributed by atoms with E-state index in [0.717, 1.165) is 36.8 Å². The lowest BCUT2D eigenvalue weighted by Crippen LogP contribution is -2.38. The lowest BCUT2D eigenvalue weighted by molar-refractivity contribution is 0.278. The molecule has 6 nitrogen and oxygen atoms in total. The van der Waals surface area contributed by atoms with Crippen molar-refractivity contribution in [2.24, 2.45) is 5.41 Å². The second kappa shape index (κ2) is 5.76. The number of benzene rings is 1. The highest BCUT2D eigenvalue weighted by Gasteiger charge is 2.27. The van der Waals surface area contributed by atoms with Gasteiger partial charge >= 0.3 is 0 Å². The summed E-state index contributed by atoms with van der Waals surface area (Å²) in [5.41, 5.74) is 7.32. The largest absolute Gasteiger partial charge is 0.493 e. The zero-order chi connectivity index (χ0) is 16.6. The van der Waals surface area contributed by atoms with Crippen molar-refractivity contribution >= 4 is 22.7 Å². The molecule has 2 aromatic rings. The standard InChI is InChI=1S/C17H24N4O2/c1-17(2)5-7-21(8-6-17)16-19-12-10-14(23-4)13(22-3)9-11(12)15(18)20-16/h9-10H,5-8H2,1-4H3,(H2,18,19,20). The summed E-state index contributed by atoms with van der Waals surface area (Å²) in [6, 6.07) is 3.68. The first kappa shape index (κ1) is 15.6. The number of nitrogen functional groups attached to an aromatic ring is 1. The third-order valence-corrected chi connectivity index (χ3v) is 4.62. The van der Waals surface area contributed by atoms with Gasteiger partial charge in [0.15, 0.2) is 11.5 Å². The van der Waals surface area contributed by atoms with E-state index in [2.05, 4.69) is 23.7 Å². The quantitative estimate of drug-likeness (QED) is 0.938. The van der Waals surface area contributed by atoms with Gasteiger partial charge in [0.25, 0.3) is 0 Å². The highest BCUT2D eigenvalue weighted by Crippen LogP contribution is 2.35. The molecule has 6 heteroatoms. The van der Waals surface area contributed by atoms with Crippen molar-refractivity contribution in [2.45, 2.75) is 26.7 Å². The molecule has 1 fully saturated rings. The summed E-state index contributed by atoms with van der Waals surface area (Å²) in [4.78, 5) is 11.4. The van der Waals surface area contributed by atoms with Gasteiger partial charge in [-0.1, -0.05) is 13.8 Å². The van der Waals surface area contributed by atoms with E-state index >= 15 is 0 Å². The van der Waals surface area contributed by atoms with Crippen LogP contribution in [0, 0.1) is 5.41 Å². The topological polar surface area (TPSA) is 73.5 Å². The fraction of sp³-hybridized carbons (Fsp3) is 0.529. The molecule has 124 valence electrons. The number of nitrogens with zero attached hydrogens (tertiary/aromatic N) is 3. The van der Waals surface area contributed by atoms with Crippen LogP contribution >= 0.6 is 0 Å². The third kappa shape index (κ3) is 2.98. The molecule has 0 radical (unpaired) electrons. The zero-order valence-corrected chi connectivity index (χ0v) is 14.2. The monoisotopic (exact) mass is 316 g/mol. The summed E-state index contributed by atoms with van der Waals surface area (Å²) in [5, 5.41) is 0.781. The summed E-state index contributed by atoms with van der Waals surface area (Å²) in [5.74, 6) is 2.43. The maximum absolute atomic E-state index is 6.16. The molecule has 1 aliphatic rings. The molecule has 1 saturated heterocycles. The summed E-state index contributed by atoms with van der Waals surface area (Å²) in [6.45, 7) is 6.50. The Kier molecular flexibility index (Phi) is 3.92. The predicted molar refractivity (Wildman–Crippen MR) is 92.3 cm³/mol.